The molecule has 1 heterocycles. The Morgan fingerprint density at radius 1 is 1.75 bits per heavy atom. The second-order valence-corrected chi connectivity index (χ2v) is 2.97. The summed E-state index contributed by atoms with van der Waals surface area (Å²) in [5, 5.41) is 8.54. The number of carbonyl (C=O) groups is 1. The molecule has 0 aromatic rings. The van der Waals surface area contributed by atoms with Crippen molar-refractivity contribution in [2.75, 3.05) is 0 Å². The van der Waals surface area contributed by atoms with E-state index in [9.17, 15) is 4.79 Å². The van der Waals surface area contributed by atoms with Crippen LogP contribution in [0.15, 0.2) is 0 Å². The first-order chi connectivity index (χ1) is 5.66. The van der Waals surface area contributed by atoms with Crippen molar-refractivity contribution in [1.82, 2.24) is 0 Å². The van der Waals surface area contributed by atoms with Crippen molar-refractivity contribution in [2.45, 2.75) is 32.5 Å². The van der Waals surface area contributed by atoms with Crippen molar-refractivity contribution < 1.29 is 14.6 Å². The highest BCUT2D eigenvalue weighted by atomic mass is 16.6. The summed E-state index contributed by atoms with van der Waals surface area (Å²) in [4.78, 5) is 10.4. The van der Waals surface area contributed by atoms with Gasteiger partial charge in [0.1, 0.15) is 0 Å². The standard InChI is InChI=1S/C9H12O3/c1-3-4-5-6(2)7-8(12-7)9(10)11/h6-8H,5H2,1-2H3,(H,10,11)/t6-,7-,8-/m1/s1. The lowest BCUT2D eigenvalue weighted by atomic mass is 10.0. The molecule has 3 atom stereocenters. The molecule has 66 valence electrons. The normalized spacial score (nSPS) is 28.5. The van der Waals surface area contributed by atoms with Crippen LogP contribution in [0.5, 0.6) is 0 Å². The summed E-state index contributed by atoms with van der Waals surface area (Å²) in [5.74, 6) is 5.03. The lowest BCUT2D eigenvalue weighted by Crippen LogP contribution is -2.13. The van der Waals surface area contributed by atoms with E-state index in [-0.39, 0.29) is 12.0 Å². The van der Waals surface area contributed by atoms with Crippen LogP contribution in [0, 0.1) is 17.8 Å². The lowest BCUT2D eigenvalue weighted by molar-refractivity contribution is -0.138. The van der Waals surface area contributed by atoms with E-state index in [2.05, 4.69) is 11.8 Å². The molecule has 0 radical (unpaired) electrons. The molecule has 3 nitrogen and oxygen atoms in total. The Balaban J connectivity index is 2.31. The summed E-state index contributed by atoms with van der Waals surface area (Å²) in [6.45, 7) is 3.73. The van der Waals surface area contributed by atoms with Crippen LogP contribution in [0.4, 0.5) is 0 Å². The number of hydrogen-bond acceptors (Lipinski definition) is 2. The van der Waals surface area contributed by atoms with Gasteiger partial charge in [0, 0.05) is 6.42 Å². The van der Waals surface area contributed by atoms with Gasteiger partial charge in [-0.2, -0.15) is 0 Å². The molecule has 1 aliphatic heterocycles. The Bertz CT molecular complexity index is 236. The number of carboxylic acid groups (broad SMARTS) is 1. The Morgan fingerprint density at radius 2 is 2.42 bits per heavy atom. The van der Waals surface area contributed by atoms with E-state index in [1.165, 1.54) is 0 Å². The predicted octanol–water partition coefficient (Wildman–Crippen LogP) is 0.888. The number of epoxide rings is 1. The highest BCUT2D eigenvalue weighted by Crippen LogP contribution is 2.31. The molecule has 0 amide bonds. The maximum atomic E-state index is 10.4. The van der Waals surface area contributed by atoms with Crippen LogP contribution in [-0.4, -0.2) is 23.3 Å². The number of ether oxygens (including phenoxy) is 1. The summed E-state index contributed by atoms with van der Waals surface area (Å²) in [7, 11) is 0. The molecule has 1 aliphatic rings. The van der Waals surface area contributed by atoms with Crippen molar-refractivity contribution >= 4 is 5.97 Å². The van der Waals surface area contributed by atoms with Gasteiger partial charge in [0.05, 0.1) is 6.10 Å². The summed E-state index contributed by atoms with van der Waals surface area (Å²) < 4.78 is 4.97. The molecule has 0 aliphatic carbocycles. The molecule has 0 saturated carbocycles. The molecule has 0 aromatic heterocycles. The van der Waals surface area contributed by atoms with Crippen LogP contribution < -0.4 is 0 Å². The van der Waals surface area contributed by atoms with Crippen LogP contribution in [0.1, 0.15) is 20.3 Å². The van der Waals surface area contributed by atoms with Crippen molar-refractivity contribution in [2.24, 2.45) is 5.92 Å². The van der Waals surface area contributed by atoms with Crippen LogP contribution in [0.25, 0.3) is 0 Å². The second kappa shape index (κ2) is 3.59. The molecule has 1 N–H and O–H groups in total. The van der Waals surface area contributed by atoms with E-state index >= 15 is 0 Å². The highest BCUT2D eigenvalue weighted by Gasteiger charge is 2.48. The molecule has 0 unspecified atom stereocenters. The fraction of sp³-hybridized carbons (Fsp3) is 0.667. The second-order valence-electron chi connectivity index (χ2n) is 2.97. The van der Waals surface area contributed by atoms with Crippen molar-refractivity contribution in [3.63, 3.8) is 0 Å². The van der Waals surface area contributed by atoms with Gasteiger partial charge in [0.15, 0.2) is 6.10 Å². The lowest BCUT2D eigenvalue weighted by Gasteiger charge is -2.00. The SMILES string of the molecule is CC#CC[C@@H](C)[C@H]1O[C@H]1C(=O)O. The Labute approximate surface area is 71.7 Å². The maximum absolute atomic E-state index is 10.4. The zero-order valence-electron chi connectivity index (χ0n) is 7.20. The third-order valence-electron chi connectivity index (χ3n) is 1.93. The molecule has 1 fully saturated rings. The van der Waals surface area contributed by atoms with Gasteiger partial charge >= 0.3 is 5.97 Å². The minimum absolute atomic E-state index is 0.122. The quantitative estimate of drug-likeness (QED) is 0.503. The minimum Gasteiger partial charge on any atom is -0.479 e. The largest absolute Gasteiger partial charge is 0.479 e. The Morgan fingerprint density at radius 3 is 2.83 bits per heavy atom. The number of aliphatic carboxylic acids is 1. The van der Waals surface area contributed by atoms with Crippen molar-refractivity contribution in [1.29, 1.82) is 0 Å². The molecule has 0 spiro atoms. The topological polar surface area (TPSA) is 49.8 Å². The molecule has 1 saturated heterocycles. The molecular formula is C9H12O3. The zero-order valence-corrected chi connectivity index (χ0v) is 7.20. The van der Waals surface area contributed by atoms with Crippen LogP contribution in [-0.2, 0) is 9.53 Å². The molecule has 0 bridgehead atoms. The molecule has 0 aromatic carbocycles. The first kappa shape index (κ1) is 9.08. The average Bonchev–Trinajstić information content (AvgIpc) is 2.78. The molecule has 1 rings (SSSR count). The van der Waals surface area contributed by atoms with Crippen LogP contribution >= 0.6 is 0 Å². The summed E-state index contributed by atoms with van der Waals surface area (Å²) in [6.07, 6.45) is 0.00676. The maximum Gasteiger partial charge on any atom is 0.335 e. The predicted molar refractivity (Wildman–Crippen MR) is 43.5 cm³/mol. The molecular weight excluding hydrogens is 156 g/mol. The third kappa shape index (κ3) is 1.99. The van der Waals surface area contributed by atoms with Gasteiger partial charge < -0.3 is 9.84 Å². The first-order valence-corrected chi connectivity index (χ1v) is 3.94. The van der Waals surface area contributed by atoms with E-state index in [4.69, 9.17) is 9.84 Å². The summed E-state index contributed by atoms with van der Waals surface area (Å²) in [5.41, 5.74) is 0. The Hall–Kier alpha value is -1.01. The summed E-state index contributed by atoms with van der Waals surface area (Å²) in [6, 6.07) is 0. The fourth-order valence-electron chi connectivity index (χ4n) is 1.13. The third-order valence-corrected chi connectivity index (χ3v) is 1.93. The van der Waals surface area contributed by atoms with E-state index < -0.39 is 12.1 Å². The van der Waals surface area contributed by atoms with E-state index in [1.807, 2.05) is 6.92 Å². The molecule has 3 heteroatoms. The number of hydrogen-bond donors (Lipinski definition) is 1. The highest BCUT2D eigenvalue weighted by molar-refractivity contribution is 5.75. The van der Waals surface area contributed by atoms with Gasteiger partial charge in [-0.3, -0.25) is 0 Å². The summed E-state index contributed by atoms with van der Waals surface area (Å²) >= 11 is 0. The smallest absolute Gasteiger partial charge is 0.335 e. The minimum atomic E-state index is -0.865. The van der Waals surface area contributed by atoms with Gasteiger partial charge in [-0.15, -0.1) is 11.8 Å². The van der Waals surface area contributed by atoms with Gasteiger partial charge in [-0.1, -0.05) is 6.92 Å². The van der Waals surface area contributed by atoms with E-state index in [1.54, 1.807) is 6.92 Å². The van der Waals surface area contributed by atoms with Crippen LogP contribution in [0.2, 0.25) is 0 Å². The van der Waals surface area contributed by atoms with Crippen molar-refractivity contribution in [3.8, 4) is 11.8 Å². The van der Waals surface area contributed by atoms with Gasteiger partial charge in [0.2, 0.25) is 0 Å². The number of rotatable bonds is 3. The van der Waals surface area contributed by atoms with Crippen LogP contribution in [0.3, 0.4) is 0 Å². The van der Waals surface area contributed by atoms with E-state index in [0.29, 0.717) is 6.42 Å². The number of carboxylic acids is 1. The van der Waals surface area contributed by atoms with Gasteiger partial charge in [-0.25, -0.2) is 4.79 Å². The van der Waals surface area contributed by atoms with Crippen molar-refractivity contribution in [3.05, 3.63) is 0 Å². The Kier molecular flexibility index (Phi) is 2.72. The molecule has 12 heavy (non-hydrogen) atoms. The monoisotopic (exact) mass is 168 g/mol. The van der Waals surface area contributed by atoms with E-state index in [0.717, 1.165) is 0 Å². The van der Waals surface area contributed by atoms with Gasteiger partial charge in [-0.05, 0) is 12.8 Å². The first-order valence-electron chi connectivity index (χ1n) is 3.94. The fourth-order valence-corrected chi connectivity index (χ4v) is 1.13. The zero-order chi connectivity index (χ0) is 9.14. The average molecular weight is 168 g/mol. The van der Waals surface area contributed by atoms with Gasteiger partial charge in [0.25, 0.3) is 0 Å².